The third kappa shape index (κ3) is 5.78. The Hall–Kier alpha value is -2.28. The van der Waals surface area contributed by atoms with E-state index in [1.807, 2.05) is 37.4 Å². The van der Waals surface area contributed by atoms with E-state index in [4.69, 9.17) is 15.2 Å². The summed E-state index contributed by atoms with van der Waals surface area (Å²) in [6.07, 6.45) is 0.757. The van der Waals surface area contributed by atoms with Gasteiger partial charge >= 0.3 is 6.03 Å². The van der Waals surface area contributed by atoms with Crippen LogP contribution >= 0.6 is 0 Å². The number of quaternary nitrogens is 1. The van der Waals surface area contributed by atoms with Gasteiger partial charge in [0.2, 0.25) is 0 Å². The van der Waals surface area contributed by atoms with Gasteiger partial charge in [-0.3, -0.25) is 10.1 Å². The van der Waals surface area contributed by atoms with Gasteiger partial charge in [0.1, 0.15) is 0 Å². The number of nitrogens with two attached hydrogens (primary N) is 2. The van der Waals surface area contributed by atoms with Gasteiger partial charge in [-0.2, -0.15) is 0 Å². The Morgan fingerprint density at radius 3 is 2.39 bits per heavy atom. The summed E-state index contributed by atoms with van der Waals surface area (Å²) in [7, 11) is 3.19. The van der Waals surface area contributed by atoms with Crippen molar-refractivity contribution < 1.29 is 24.4 Å². The molecule has 0 spiro atoms. The number of carbonyl (C=O) groups is 2. The fourth-order valence-corrected chi connectivity index (χ4v) is 2.35. The molecule has 0 radical (unpaired) electrons. The monoisotopic (exact) mass is 324 g/mol. The summed E-state index contributed by atoms with van der Waals surface area (Å²) in [4.78, 5) is 22.8. The van der Waals surface area contributed by atoms with Crippen molar-refractivity contribution in [1.29, 1.82) is 0 Å². The van der Waals surface area contributed by atoms with Gasteiger partial charge in [0.25, 0.3) is 5.91 Å². The Balaban J connectivity index is 2.63. The first kappa shape index (κ1) is 18.8. The highest BCUT2D eigenvalue weighted by Crippen LogP contribution is 2.27. The second kappa shape index (κ2) is 8.99. The van der Waals surface area contributed by atoms with E-state index in [9.17, 15) is 9.59 Å². The zero-order chi connectivity index (χ0) is 17.4. The van der Waals surface area contributed by atoms with E-state index in [2.05, 4.69) is 5.32 Å². The van der Waals surface area contributed by atoms with Crippen molar-refractivity contribution in [3.05, 3.63) is 23.8 Å². The zero-order valence-electron chi connectivity index (χ0n) is 14.1. The maximum atomic E-state index is 11.9. The summed E-state index contributed by atoms with van der Waals surface area (Å²) in [6, 6.07) is 4.55. The average Bonchev–Trinajstić information content (AvgIpc) is 2.49. The number of primary amides is 1. The third-order valence-electron chi connectivity index (χ3n) is 3.57. The number of ether oxygens (including phenoxy) is 2. The van der Waals surface area contributed by atoms with Crippen LogP contribution in [0.3, 0.4) is 0 Å². The number of benzene rings is 1. The van der Waals surface area contributed by atoms with Crippen LogP contribution in [-0.4, -0.2) is 38.7 Å². The molecule has 0 heterocycles. The number of amides is 3. The molecule has 0 aliphatic carbocycles. The van der Waals surface area contributed by atoms with Crippen LogP contribution in [-0.2, 0) is 11.2 Å². The maximum absolute atomic E-state index is 11.9. The average molecular weight is 324 g/mol. The Morgan fingerprint density at radius 1 is 1.22 bits per heavy atom. The van der Waals surface area contributed by atoms with Gasteiger partial charge in [-0.15, -0.1) is 0 Å². The Kier molecular flexibility index (Phi) is 7.34. The fraction of sp³-hybridized carbons (Fsp3) is 0.500. The van der Waals surface area contributed by atoms with Gasteiger partial charge in [-0.05, 0) is 17.7 Å². The number of methoxy groups -OCH3 is 2. The highest BCUT2D eigenvalue weighted by molar-refractivity contribution is 5.95. The summed E-state index contributed by atoms with van der Waals surface area (Å²) in [5.41, 5.74) is 6.08. The normalized spacial score (nSPS) is 11.9. The molecule has 0 aromatic heterocycles. The van der Waals surface area contributed by atoms with Gasteiger partial charge in [0.05, 0.1) is 20.8 Å². The molecule has 0 bridgehead atoms. The number of hydrogen-bond donors (Lipinski definition) is 3. The summed E-state index contributed by atoms with van der Waals surface area (Å²) in [5, 5.41) is 4.05. The first-order valence-corrected chi connectivity index (χ1v) is 7.53. The molecule has 23 heavy (non-hydrogen) atoms. The molecule has 0 saturated heterocycles. The number of imide groups is 1. The lowest BCUT2D eigenvalue weighted by Gasteiger charge is -2.17. The van der Waals surface area contributed by atoms with Crippen molar-refractivity contribution in [2.75, 3.05) is 20.8 Å². The standard InChI is InChI=1S/C16H25N3O4/c1-10(2)14(15(20)19-16(17)21)18-8-7-11-5-6-12(22-3)13(9-11)23-4/h5-6,9-10,14,18H,7-8H2,1-4H3,(H3,17,19,20,21)/p+1/t14-/m0/s1. The van der Waals surface area contributed by atoms with E-state index >= 15 is 0 Å². The van der Waals surface area contributed by atoms with E-state index in [0.717, 1.165) is 12.0 Å². The van der Waals surface area contributed by atoms with Crippen molar-refractivity contribution in [3.63, 3.8) is 0 Å². The highest BCUT2D eigenvalue weighted by atomic mass is 16.5. The second-order valence-electron chi connectivity index (χ2n) is 5.59. The van der Waals surface area contributed by atoms with Crippen LogP contribution in [0.4, 0.5) is 4.79 Å². The second-order valence-corrected chi connectivity index (χ2v) is 5.59. The lowest BCUT2D eigenvalue weighted by Crippen LogP contribution is -2.94. The Bertz CT molecular complexity index is 546. The van der Waals surface area contributed by atoms with Gasteiger partial charge in [-0.1, -0.05) is 19.9 Å². The molecular formula is C16H26N3O4+. The molecule has 0 aliphatic heterocycles. The van der Waals surface area contributed by atoms with Gasteiger partial charge < -0.3 is 20.5 Å². The van der Waals surface area contributed by atoms with Crippen LogP contribution < -0.4 is 25.8 Å². The molecule has 128 valence electrons. The molecule has 0 aliphatic rings. The van der Waals surface area contributed by atoms with E-state index in [0.29, 0.717) is 18.0 Å². The summed E-state index contributed by atoms with van der Waals surface area (Å²) < 4.78 is 10.5. The molecule has 7 heteroatoms. The topological polar surface area (TPSA) is 107 Å². The predicted octanol–water partition coefficient (Wildman–Crippen LogP) is 0.0292. The Morgan fingerprint density at radius 2 is 1.87 bits per heavy atom. The minimum absolute atomic E-state index is 0.0831. The van der Waals surface area contributed by atoms with E-state index < -0.39 is 6.03 Å². The lowest BCUT2D eigenvalue weighted by atomic mass is 10.0. The molecule has 1 aromatic rings. The molecule has 0 saturated carbocycles. The van der Waals surface area contributed by atoms with Crippen LogP contribution in [0.2, 0.25) is 0 Å². The minimum atomic E-state index is -0.825. The van der Waals surface area contributed by atoms with Crippen LogP contribution in [0.15, 0.2) is 18.2 Å². The minimum Gasteiger partial charge on any atom is -0.493 e. The lowest BCUT2D eigenvalue weighted by molar-refractivity contribution is -0.681. The number of carbonyl (C=O) groups excluding carboxylic acids is 2. The maximum Gasteiger partial charge on any atom is 0.319 e. The zero-order valence-corrected chi connectivity index (χ0v) is 14.1. The summed E-state index contributed by atoms with van der Waals surface area (Å²) >= 11 is 0. The SMILES string of the molecule is COc1ccc(CC[NH2+][C@H](C(=O)NC(N)=O)C(C)C)cc1OC. The van der Waals surface area contributed by atoms with Crippen molar-refractivity contribution in [2.45, 2.75) is 26.3 Å². The number of urea groups is 1. The molecule has 0 unspecified atom stereocenters. The van der Waals surface area contributed by atoms with Crippen molar-refractivity contribution in [2.24, 2.45) is 11.7 Å². The summed E-state index contributed by atoms with van der Waals surface area (Å²) in [5.74, 6) is 1.08. The smallest absolute Gasteiger partial charge is 0.319 e. The van der Waals surface area contributed by atoms with Gasteiger partial charge in [-0.25, -0.2) is 4.79 Å². The molecule has 3 amide bonds. The van der Waals surface area contributed by atoms with Crippen molar-refractivity contribution in [1.82, 2.24) is 5.32 Å². The molecule has 5 N–H and O–H groups in total. The highest BCUT2D eigenvalue weighted by Gasteiger charge is 2.26. The van der Waals surface area contributed by atoms with Crippen molar-refractivity contribution in [3.8, 4) is 11.5 Å². The number of hydrogen-bond acceptors (Lipinski definition) is 4. The van der Waals surface area contributed by atoms with E-state index in [-0.39, 0.29) is 17.9 Å². The first-order chi connectivity index (χ1) is 10.9. The molecule has 7 nitrogen and oxygen atoms in total. The number of rotatable bonds is 8. The van der Waals surface area contributed by atoms with E-state index in [1.165, 1.54) is 0 Å². The predicted molar refractivity (Wildman–Crippen MR) is 86.4 cm³/mol. The van der Waals surface area contributed by atoms with Gasteiger partial charge in [0, 0.05) is 12.3 Å². The first-order valence-electron chi connectivity index (χ1n) is 7.53. The third-order valence-corrected chi connectivity index (χ3v) is 3.57. The largest absolute Gasteiger partial charge is 0.493 e. The molecule has 1 atom stereocenters. The summed E-state index contributed by atoms with van der Waals surface area (Å²) in [6.45, 7) is 4.56. The van der Waals surface area contributed by atoms with Crippen molar-refractivity contribution >= 4 is 11.9 Å². The van der Waals surface area contributed by atoms with E-state index in [1.54, 1.807) is 14.2 Å². The molecule has 0 fully saturated rings. The van der Waals surface area contributed by atoms with Crippen LogP contribution in [0.25, 0.3) is 0 Å². The van der Waals surface area contributed by atoms with Crippen LogP contribution in [0.5, 0.6) is 11.5 Å². The molecular weight excluding hydrogens is 298 g/mol. The van der Waals surface area contributed by atoms with Crippen LogP contribution in [0, 0.1) is 5.92 Å². The van der Waals surface area contributed by atoms with Gasteiger partial charge in [0.15, 0.2) is 17.5 Å². The number of nitrogens with one attached hydrogen (secondary N) is 1. The fourth-order valence-electron chi connectivity index (χ4n) is 2.35. The molecule has 1 aromatic carbocycles. The Labute approximate surface area is 136 Å². The van der Waals surface area contributed by atoms with Crippen LogP contribution in [0.1, 0.15) is 19.4 Å². The molecule has 1 rings (SSSR count). The quantitative estimate of drug-likeness (QED) is 0.627.